The fourth-order valence-corrected chi connectivity index (χ4v) is 4.30. The molecule has 0 aromatic carbocycles. The van der Waals surface area contributed by atoms with Crippen LogP contribution in [0.1, 0.15) is 27.2 Å². The summed E-state index contributed by atoms with van der Waals surface area (Å²) >= 11 is 0. The molecule has 2 amide bonds. The molecule has 4 rings (SSSR count). The van der Waals surface area contributed by atoms with Crippen LogP contribution in [0, 0.1) is 0 Å². The third-order valence-corrected chi connectivity index (χ3v) is 6.00. The van der Waals surface area contributed by atoms with Crippen molar-refractivity contribution in [1.29, 1.82) is 0 Å². The van der Waals surface area contributed by atoms with Gasteiger partial charge in [-0.2, -0.15) is 0 Å². The molecule has 7 N–H and O–H groups in total. The van der Waals surface area contributed by atoms with Gasteiger partial charge in [-0.15, -0.1) is 0 Å². The van der Waals surface area contributed by atoms with Gasteiger partial charge in [0, 0.05) is 6.54 Å². The molecule has 0 saturated carbocycles. The Labute approximate surface area is 205 Å². The first-order chi connectivity index (χ1) is 17.0. The second kappa shape index (κ2) is 10.1. The van der Waals surface area contributed by atoms with E-state index in [2.05, 4.69) is 30.6 Å². The van der Waals surface area contributed by atoms with E-state index in [1.165, 1.54) is 12.7 Å². The summed E-state index contributed by atoms with van der Waals surface area (Å²) in [4.78, 5) is 41.8. The van der Waals surface area contributed by atoms with Crippen molar-refractivity contribution in [3.63, 3.8) is 0 Å². The highest BCUT2D eigenvalue weighted by molar-refractivity contribution is 5.87. The minimum atomic E-state index is -1.58. The Morgan fingerprint density at radius 1 is 1.22 bits per heavy atom. The van der Waals surface area contributed by atoms with Gasteiger partial charge < -0.3 is 45.5 Å². The Kier molecular flexibility index (Phi) is 7.28. The molecule has 4 heterocycles. The van der Waals surface area contributed by atoms with Crippen LogP contribution < -0.4 is 10.6 Å². The van der Waals surface area contributed by atoms with Gasteiger partial charge in [0.15, 0.2) is 17.7 Å². The minimum absolute atomic E-state index is 0.0942. The van der Waals surface area contributed by atoms with Gasteiger partial charge in [-0.05, 0) is 27.2 Å². The summed E-state index contributed by atoms with van der Waals surface area (Å²) in [5.41, 5.74) is 0.00146. The number of fused-ring (bicyclic) bond motifs is 1. The predicted octanol–water partition coefficient (Wildman–Crippen LogP) is -1.94. The Hall–Kier alpha value is -3.11. The van der Waals surface area contributed by atoms with Crippen LogP contribution in [0.4, 0.5) is 10.6 Å². The van der Waals surface area contributed by atoms with Gasteiger partial charge in [-0.3, -0.25) is 9.69 Å². The number of hydrogen-bond donors (Lipinski definition) is 7. The van der Waals surface area contributed by atoms with E-state index in [4.69, 9.17) is 9.47 Å². The fraction of sp³-hybridized carbons (Fsp3) is 0.667. The normalized spacial score (nSPS) is 30.9. The molecule has 0 spiro atoms. The van der Waals surface area contributed by atoms with E-state index in [9.17, 15) is 30.0 Å². The smallest absolute Gasteiger partial charge is 0.411 e. The molecule has 2 fully saturated rings. The average molecular weight is 510 g/mol. The van der Waals surface area contributed by atoms with Crippen LogP contribution >= 0.6 is 0 Å². The number of imidazole rings is 1. The monoisotopic (exact) mass is 509 g/mol. The van der Waals surface area contributed by atoms with Crippen LogP contribution in [-0.4, -0.2) is 119 Å². The summed E-state index contributed by atoms with van der Waals surface area (Å²) < 4.78 is 11.1. The van der Waals surface area contributed by atoms with E-state index in [0.29, 0.717) is 11.2 Å². The number of aromatic nitrogens is 4. The summed E-state index contributed by atoms with van der Waals surface area (Å²) in [6.45, 7) is 4.52. The van der Waals surface area contributed by atoms with E-state index in [1.807, 2.05) is 0 Å². The number of likely N-dealkylation sites (tertiary alicyclic amines) is 1. The summed E-state index contributed by atoms with van der Waals surface area (Å²) in [6, 6.07) is -2.53. The number of anilines is 1. The van der Waals surface area contributed by atoms with Crippen LogP contribution in [-0.2, 0) is 14.3 Å². The number of nitrogens with zero attached hydrogens (tertiary/aromatic N) is 4. The van der Waals surface area contributed by atoms with Crippen LogP contribution in [0.2, 0.25) is 0 Å². The van der Waals surface area contributed by atoms with Crippen LogP contribution in [0.5, 0.6) is 0 Å². The van der Waals surface area contributed by atoms with Crippen LogP contribution in [0.3, 0.4) is 0 Å². The van der Waals surface area contributed by atoms with Crippen molar-refractivity contribution in [2.75, 3.05) is 18.5 Å². The van der Waals surface area contributed by atoms with E-state index in [0.717, 1.165) is 4.90 Å². The minimum Gasteiger partial charge on any atom is -0.444 e. The van der Waals surface area contributed by atoms with Gasteiger partial charge in [0.1, 0.15) is 41.8 Å². The molecule has 0 unspecified atom stereocenters. The lowest BCUT2D eigenvalue weighted by Crippen LogP contribution is -2.67. The molecule has 2 aliphatic rings. The number of ether oxygens (including phenoxy) is 2. The molecule has 2 aromatic rings. The molecular formula is C21H31N7O8. The molecule has 0 aliphatic carbocycles. The number of aliphatic hydroxyl groups excluding tert-OH is 4. The molecule has 7 atom stereocenters. The highest BCUT2D eigenvalue weighted by Gasteiger charge is 2.48. The van der Waals surface area contributed by atoms with E-state index in [-0.39, 0.29) is 18.8 Å². The summed E-state index contributed by atoms with van der Waals surface area (Å²) in [5.74, 6) is -0.541. The first-order valence-corrected chi connectivity index (χ1v) is 11.5. The van der Waals surface area contributed by atoms with Crippen molar-refractivity contribution >= 4 is 29.0 Å². The molecule has 0 bridgehead atoms. The number of rotatable bonds is 5. The van der Waals surface area contributed by atoms with E-state index >= 15 is 0 Å². The maximum absolute atomic E-state index is 13.1. The zero-order valence-electron chi connectivity index (χ0n) is 20.0. The SMILES string of the molecule is CC(C)(C)OC(=O)N1CC[C@H](O)[C@H]1C(=O)N[C@@H]1[C@@H](O)[C@H](O)[C@@H](Nc2ncnc3nc[nH]c23)O[C@H]1CO. The van der Waals surface area contributed by atoms with Gasteiger partial charge in [-0.25, -0.2) is 19.7 Å². The Balaban J connectivity index is 1.47. The average Bonchev–Trinajstić information content (AvgIpc) is 3.44. The summed E-state index contributed by atoms with van der Waals surface area (Å²) in [5, 5.41) is 47.2. The molecule has 36 heavy (non-hydrogen) atoms. The third kappa shape index (κ3) is 5.19. The lowest BCUT2D eigenvalue weighted by atomic mass is 9.94. The quantitative estimate of drug-likeness (QED) is 0.234. The Morgan fingerprint density at radius 2 is 1.97 bits per heavy atom. The highest BCUT2D eigenvalue weighted by Crippen LogP contribution is 2.26. The van der Waals surface area contributed by atoms with E-state index in [1.54, 1.807) is 20.8 Å². The number of hydrogen-bond acceptors (Lipinski definition) is 12. The number of carbonyl (C=O) groups is 2. The molecule has 15 heteroatoms. The molecular weight excluding hydrogens is 478 g/mol. The van der Waals surface area contributed by atoms with Crippen molar-refractivity contribution < 1.29 is 39.5 Å². The third-order valence-electron chi connectivity index (χ3n) is 6.00. The number of nitrogens with one attached hydrogen (secondary N) is 3. The van der Waals surface area contributed by atoms with Crippen molar-refractivity contribution in [2.45, 2.75) is 75.5 Å². The largest absolute Gasteiger partial charge is 0.444 e. The Bertz CT molecular complexity index is 1090. The number of aliphatic hydroxyl groups is 4. The highest BCUT2D eigenvalue weighted by atomic mass is 16.6. The number of carbonyl (C=O) groups excluding carboxylic acids is 2. The first-order valence-electron chi connectivity index (χ1n) is 11.5. The predicted molar refractivity (Wildman–Crippen MR) is 122 cm³/mol. The van der Waals surface area contributed by atoms with Gasteiger partial charge in [0.2, 0.25) is 5.91 Å². The van der Waals surface area contributed by atoms with Crippen LogP contribution in [0.25, 0.3) is 11.2 Å². The zero-order valence-corrected chi connectivity index (χ0v) is 20.0. The van der Waals surface area contributed by atoms with Crippen LogP contribution in [0.15, 0.2) is 12.7 Å². The number of amides is 2. The second-order valence-corrected chi connectivity index (χ2v) is 9.74. The van der Waals surface area contributed by atoms with Crippen molar-refractivity contribution in [3.05, 3.63) is 12.7 Å². The second-order valence-electron chi connectivity index (χ2n) is 9.74. The summed E-state index contributed by atoms with van der Waals surface area (Å²) in [7, 11) is 0. The van der Waals surface area contributed by atoms with Gasteiger partial charge in [0.05, 0.1) is 25.1 Å². The van der Waals surface area contributed by atoms with Gasteiger partial charge in [-0.1, -0.05) is 0 Å². The molecule has 2 saturated heterocycles. The molecule has 2 aromatic heterocycles. The first kappa shape index (κ1) is 26.0. The lowest BCUT2D eigenvalue weighted by molar-refractivity contribution is -0.186. The molecule has 198 valence electrons. The maximum Gasteiger partial charge on any atom is 0.411 e. The molecule has 2 aliphatic heterocycles. The van der Waals surface area contributed by atoms with Gasteiger partial charge in [0.25, 0.3) is 0 Å². The van der Waals surface area contributed by atoms with Crippen molar-refractivity contribution in [1.82, 2.24) is 30.2 Å². The van der Waals surface area contributed by atoms with Crippen molar-refractivity contribution in [2.24, 2.45) is 0 Å². The Morgan fingerprint density at radius 3 is 2.67 bits per heavy atom. The van der Waals surface area contributed by atoms with Crippen molar-refractivity contribution in [3.8, 4) is 0 Å². The summed E-state index contributed by atoms with van der Waals surface area (Å²) in [6.07, 6.45) is -4.59. The topological polar surface area (TPSA) is 215 Å². The fourth-order valence-electron chi connectivity index (χ4n) is 4.30. The standard InChI is InChI=1S/C21H31N7O8/c1-21(2,3)36-20(34)28-5-4-9(30)13(28)18(33)26-11-10(6-29)35-19(15(32)14(11)31)27-17-12-16(23-7-22-12)24-8-25-17/h7-11,13-15,19,29-32H,4-6H2,1-3H3,(H,26,33)(H2,22,23,24,25,27)/t9-,10-,11-,13-,14+,15-,19-/m0/s1. The number of H-pyrrole nitrogens is 1. The maximum atomic E-state index is 13.1. The zero-order chi connectivity index (χ0) is 26.2. The lowest BCUT2D eigenvalue weighted by Gasteiger charge is -2.43. The van der Waals surface area contributed by atoms with E-state index < -0.39 is 66.9 Å². The molecule has 0 radical (unpaired) electrons. The molecule has 15 nitrogen and oxygen atoms in total. The van der Waals surface area contributed by atoms with Gasteiger partial charge >= 0.3 is 6.09 Å². The number of aromatic amines is 1.